The Morgan fingerprint density at radius 1 is 1.14 bits per heavy atom. The van der Waals surface area contributed by atoms with Crippen LogP contribution in [0.15, 0.2) is 58.4 Å². The molecule has 2 heterocycles. The molecule has 0 N–H and O–H groups in total. The summed E-state index contributed by atoms with van der Waals surface area (Å²) in [5, 5.41) is -0.436. The maximum Gasteiger partial charge on any atom is 0.294 e. The molecule has 194 valence electrons. The van der Waals surface area contributed by atoms with Crippen molar-refractivity contribution in [3.8, 4) is 11.5 Å². The monoisotopic (exact) mass is 584 g/mol. The summed E-state index contributed by atoms with van der Waals surface area (Å²) < 4.78 is 12.7. The number of carbonyl (C=O) groups is 3. The lowest BCUT2D eigenvalue weighted by atomic mass is 10.0. The number of thioether (sulfide) groups is 1. The molecule has 0 spiro atoms. The number of methoxy groups -OCH3 is 1. The number of imide groups is 1. The molecule has 7 nitrogen and oxygen atoms in total. The maximum absolute atomic E-state index is 13.0. The van der Waals surface area contributed by atoms with E-state index in [0.29, 0.717) is 43.2 Å². The van der Waals surface area contributed by atoms with Gasteiger partial charge in [0.2, 0.25) is 5.91 Å². The summed E-state index contributed by atoms with van der Waals surface area (Å²) in [5.41, 5.74) is 2.54. The normalized spacial score (nSPS) is 16.9. The van der Waals surface area contributed by atoms with Crippen LogP contribution in [0.25, 0.3) is 6.08 Å². The molecule has 2 aromatic carbocycles. The highest BCUT2D eigenvalue weighted by atomic mass is 79.9. The van der Waals surface area contributed by atoms with Gasteiger partial charge < -0.3 is 14.4 Å². The van der Waals surface area contributed by atoms with Crippen LogP contribution in [-0.2, 0) is 22.6 Å². The van der Waals surface area contributed by atoms with Crippen molar-refractivity contribution in [2.75, 3.05) is 26.7 Å². The van der Waals surface area contributed by atoms with Gasteiger partial charge in [-0.15, -0.1) is 6.58 Å². The first-order valence-electron chi connectivity index (χ1n) is 12.1. The zero-order valence-electron chi connectivity index (χ0n) is 20.7. The van der Waals surface area contributed by atoms with E-state index in [1.54, 1.807) is 30.2 Å². The van der Waals surface area contributed by atoms with Gasteiger partial charge in [0, 0.05) is 23.1 Å². The molecule has 0 aliphatic carbocycles. The summed E-state index contributed by atoms with van der Waals surface area (Å²) in [7, 11) is 1.56. The summed E-state index contributed by atoms with van der Waals surface area (Å²) in [6.07, 6.45) is 6.95. The molecule has 0 radical (unpaired) electrons. The number of hydrogen-bond donors (Lipinski definition) is 0. The first kappa shape index (κ1) is 27.0. The molecule has 0 unspecified atom stereocenters. The number of nitrogens with zero attached hydrogens (tertiary/aromatic N) is 2. The van der Waals surface area contributed by atoms with Crippen molar-refractivity contribution in [1.82, 2.24) is 9.80 Å². The van der Waals surface area contributed by atoms with Crippen LogP contribution in [0.2, 0.25) is 0 Å². The number of likely N-dealkylation sites (tertiary alicyclic amines) is 1. The van der Waals surface area contributed by atoms with Gasteiger partial charge in [-0.05, 0) is 78.9 Å². The summed E-state index contributed by atoms with van der Waals surface area (Å²) in [4.78, 5) is 41.3. The van der Waals surface area contributed by atoms with E-state index in [2.05, 4.69) is 22.5 Å². The second-order valence-electron chi connectivity index (χ2n) is 8.83. The van der Waals surface area contributed by atoms with E-state index in [4.69, 9.17) is 9.47 Å². The highest BCUT2D eigenvalue weighted by molar-refractivity contribution is 9.10. The molecule has 2 fully saturated rings. The molecule has 0 saturated carbocycles. The second kappa shape index (κ2) is 12.5. The predicted molar refractivity (Wildman–Crippen MR) is 148 cm³/mol. The third-order valence-electron chi connectivity index (χ3n) is 6.21. The quantitative estimate of drug-likeness (QED) is 0.273. The molecule has 2 aliphatic rings. The largest absolute Gasteiger partial charge is 0.493 e. The first-order chi connectivity index (χ1) is 17.9. The summed E-state index contributed by atoms with van der Waals surface area (Å²) in [6, 6.07) is 11.5. The molecule has 2 saturated heterocycles. The van der Waals surface area contributed by atoms with Crippen molar-refractivity contribution < 1.29 is 23.9 Å². The van der Waals surface area contributed by atoms with Crippen molar-refractivity contribution in [2.24, 2.45) is 0 Å². The van der Waals surface area contributed by atoms with Crippen molar-refractivity contribution in [2.45, 2.75) is 32.3 Å². The van der Waals surface area contributed by atoms with Crippen molar-refractivity contribution in [3.63, 3.8) is 0 Å². The number of halogens is 1. The Morgan fingerprint density at radius 2 is 1.86 bits per heavy atom. The molecule has 37 heavy (non-hydrogen) atoms. The lowest BCUT2D eigenvalue weighted by Crippen LogP contribution is -2.44. The fraction of sp³-hybridized carbons (Fsp3) is 0.321. The zero-order chi connectivity index (χ0) is 26.4. The lowest BCUT2D eigenvalue weighted by molar-refractivity contribution is -0.136. The second-order valence-corrected chi connectivity index (χ2v) is 10.7. The maximum atomic E-state index is 13.0. The summed E-state index contributed by atoms with van der Waals surface area (Å²) in [6.45, 7) is 5.33. The number of rotatable bonds is 9. The molecule has 9 heteroatoms. The van der Waals surface area contributed by atoms with Crippen LogP contribution in [-0.4, -0.2) is 53.6 Å². The van der Waals surface area contributed by atoms with Crippen molar-refractivity contribution in [3.05, 3.63) is 75.1 Å². The van der Waals surface area contributed by atoms with E-state index < -0.39 is 11.1 Å². The van der Waals surface area contributed by atoms with E-state index in [1.165, 1.54) is 0 Å². The predicted octanol–water partition coefficient (Wildman–Crippen LogP) is 5.81. The number of hydrogen-bond acceptors (Lipinski definition) is 6. The van der Waals surface area contributed by atoms with Crippen LogP contribution < -0.4 is 9.47 Å². The highest BCUT2D eigenvalue weighted by Crippen LogP contribution is 2.37. The Hall–Kier alpha value is -3.04. The van der Waals surface area contributed by atoms with Gasteiger partial charge in [-0.2, -0.15) is 0 Å². The van der Waals surface area contributed by atoms with Gasteiger partial charge in [0.1, 0.15) is 13.2 Å². The summed E-state index contributed by atoms with van der Waals surface area (Å²) in [5.74, 6) is 0.468. The number of amides is 3. The van der Waals surface area contributed by atoms with Crippen molar-refractivity contribution >= 4 is 50.8 Å². The van der Waals surface area contributed by atoms with E-state index in [-0.39, 0.29) is 17.4 Å². The molecule has 4 rings (SSSR count). The number of benzene rings is 2. The van der Waals surface area contributed by atoms with Gasteiger partial charge in [0.15, 0.2) is 11.5 Å². The number of allylic oxidation sites excluding steroid dienone is 1. The van der Waals surface area contributed by atoms with Gasteiger partial charge in [-0.3, -0.25) is 19.3 Å². The van der Waals surface area contributed by atoms with E-state index in [1.807, 2.05) is 30.3 Å². The van der Waals surface area contributed by atoms with Crippen LogP contribution in [0.5, 0.6) is 11.5 Å². The fourth-order valence-electron chi connectivity index (χ4n) is 4.29. The van der Waals surface area contributed by atoms with Gasteiger partial charge in [-0.25, -0.2) is 0 Å². The average Bonchev–Trinajstić information content (AvgIpc) is 3.16. The Bertz CT molecular complexity index is 1220. The van der Waals surface area contributed by atoms with Crippen LogP contribution >= 0.6 is 27.7 Å². The minimum atomic E-state index is -0.458. The molecular formula is C28H29BrN2O5S. The molecule has 0 aromatic heterocycles. The minimum Gasteiger partial charge on any atom is -0.493 e. The van der Waals surface area contributed by atoms with E-state index in [0.717, 1.165) is 51.5 Å². The molecule has 2 aliphatic heterocycles. The van der Waals surface area contributed by atoms with Gasteiger partial charge in [-0.1, -0.05) is 34.1 Å². The van der Waals surface area contributed by atoms with Crippen LogP contribution in [0, 0.1) is 0 Å². The van der Waals surface area contributed by atoms with Crippen LogP contribution in [0.4, 0.5) is 4.79 Å². The van der Waals surface area contributed by atoms with Crippen LogP contribution in [0.3, 0.4) is 0 Å². The molecule has 0 bridgehead atoms. The van der Waals surface area contributed by atoms with E-state index in [9.17, 15) is 14.4 Å². The smallest absolute Gasteiger partial charge is 0.294 e. The Kier molecular flexibility index (Phi) is 9.10. The lowest BCUT2D eigenvalue weighted by Gasteiger charge is -2.27. The molecule has 3 amide bonds. The molecular weight excluding hydrogens is 556 g/mol. The average molecular weight is 586 g/mol. The standard InChI is InChI=1S/C28H29BrN2O5S/c1-3-7-21-14-20(15-23(35-2)26(21)36-18-19-8-10-22(29)11-9-19)16-24-27(33)31(28(34)37-24)17-25(32)30-12-5-4-6-13-30/h3,8-11,14-16H,1,4-7,12-13,17-18H2,2H3/b24-16-. The van der Waals surface area contributed by atoms with Gasteiger partial charge >= 0.3 is 0 Å². The number of ether oxygens (including phenoxy) is 2. The van der Waals surface area contributed by atoms with Gasteiger partial charge in [0.05, 0.1) is 12.0 Å². The van der Waals surface area contributed by atoms with Crippen molar-refractivity contribution in [1.29, 1.82) is 0 Å². The van der Waals surface area contributed by atoms with E-state index >= 15 is 0 Å². The van der Waals surface area contributed by atoms with Crippen LogP contribution in [0.1, 0.15) is 36.0 Å². The summed E-state index contributed by atoms with van der Waals surface area (Å²) >= 11 is 4.28. The fourth-order valence-corrected chi connectivity index (χ4v) is 5.39. The van der Waals surface area contributed by atoms with Gasteiger partial charge in [0.25, 0.3) is 11.1 Å². The zero-order valence-corrected chi connectivity index (χ0v) is 23.1. The SMILES string of the molecule is C=CCc1cc(/C=C2\SC(=O)N(CC(=O)N3CCCCC3)C2=O)cc(OC)c1OCc1ccc(Br)cc1. The Morgan fingerprint density at radius 3 is 2.54 bits per heavy atom. The molecule has 2 aromatic rings. The third kappa shape index (κ3) is 6.64. The topological polar surface area (TPSA) is 76.2 Å². The highest BCUT2D eigenvalue weighted by Gasteiger charge is 2.37. The molecule has 0 atom stereocenters. The number of piperidine rings is 1. The third-order valence-corrected chi connectivity index (χ3v) is 7.64. The minimum absolute atomic E-state index is 0.189. The Balaban J connectivity index is 1.53. The first-order valence-corrected chi connectivity index (χ1v) is 13.7. The number of carbonyl (C=O) groups excluding carboxylic acids is 3. The Labute approximate surface area is 229 Å².